The standard InChI is InChI=1S/C20H28O4/c1-11(2)18-23-14-12(16-19(3,4)9-21-16)7-8-13(15(14)24-18)17-20(5,6)10-22-17/h7-8,11,16-18H,9-10H2,1-6H3. The van der Waals surface area contributed by atoms with E-state index >= 15 is 0 Å². The minimum absolute atomic E-state index is 0.0603. The summed E-state index contributed by atoms with van der Waals surface area (Å²) in [5, 5.41) is 0. The van der Waals surface area contributed by atoms with Gasteiger partial charge in [-0.3, -0.25) is 0 Å². The molecule has 3 heterocycles. The van der Waals surface area contributed by atoms with E-state index in [1.165, 1.54) is 0 Å². The normalized spacial score (nSPS) is 32.4. The van der Waals surface area contributed by atoms with Gasteiger partial charge in [0.15, 0.2) is 11.5 Å². The number of hydrogen-bond donors (Lipinski definition) is 0. The Morgan fingerprint density at radius 3 is 1.50 bits per heavy atom. The number of benzene rings is 1. The lowest BCUT2D eigenvalue weighted by Crippen LogP contribution is -2.41. The van der Waals surface area contributed by atoms with Gasteiger partial charge in [0.25, 0.3) is 0 Å². The minimum atomic E-state index is -0.244. The Labute approximate surface area is 144 Å². The van der Waals surface area contributed by atoms with Gasteiger partial charge >= 0.3 is 0 Å². The molecule has 2 atom stereocenters. The van der Waals surface area contributed by atoms with Crippen LogP contribution in [0.25, 0.3) is 0 Å². The first-order valence-electron chi connectivity index (χ1n) is 8.94. The molecule has 0 spiro atoms. The summed E-state index contributed by atoms with van der Waals surface area (Å²) in [6.45, 7) is 14.7. The lowest BCUT2D eigenvalue weighted by atomic mass is 9.76. The molecule has 24 heavy (non-hydrogen) atoms. The maximum Gasteiger partial charge on any atom is 0.243 e. The number of fused-ring (bicyclic) bond motifs is 1. The zero-order valence-electron chi connectivity index (χ0n) is 15.5. The van der Waals surface area contributed by atoms with Crippen molar-refractivity contribution in [2.45, 2.75) is 60.0 Å². The van der Waals surface area contributed by atoms with Gasteiger partial charge in [0.1, 0.15) is 0 Å². The van der Waals surface area contributed by atoms with Gasteiger partial charge in [-0.15, -0.1) is 0 Å². The molecule has 0 saturated carbocycles. The van der Waals surface area contributed by atoms with E-state index in [2.05, 4.69) is 53.7 Å². The Bertz CT molecular complexity index is 609. The summed E-state index contributed by atoms with van der Waals surface area (Å²) < 4.78 is 24.2. The molecular weight excluding hydrogens is 304 g/mol. The Morgan fingerprint density at radius 2 is 1.25 bits per heavy atom. The van der Waals surface area contributed by atoms with E-state index < -0.39 is 0 Å². The van der Waals surface area contributed by atoms with E-state index in [9.17, 15) is 0 Å². The highest BCUT2D eigenvalue weighted by Crippen LogP contribution is 2.57. The van der Waals surface area contributed by atoms with Crippen molar-refractivity contribution in [2.75, 3.05) is 13.2 Å². The van der Waals surface area contributed by atoms with Gasteiger partial charge in [0.2, 0.25) is 6.29 Å². The maximum atomic E-state index is 6.22. The quantitative estimate of drug-likeness (QED) is 0.808. The van der Waals surface area contributed by atoms with Crippen LogP contribution in [0.2, 0.25) is 0 Å². The fourth-order valence-corrected chi connectivity index (χ4v) is 3.80. The third-order valence-electron chi connectivity index (χ3n) is 5.41. The monoisotopic (exact) mass is 332 g/mol. The van der Waals surface area contributed by atoms with Gasteiger partial charge in [0, 0.05) is 27.9 Å². The molecule has 4 rings (SSSR count). The summed E-state index contributed by atoms with van der Waals surface area (Å²) in [7, 11) is 0. The molecule has 1 aromatic carbocycles. The molecule has 132 valence electrons. The van der Waals surface area contributed by atoms with E-state index in [4.69, 9.17) is 18.9 Å². The van der Waals surface area contributed by atoms with Crippen LogP contribution in [-0.2, 0) is 9.47 Å². The Morgan fingerprint density at radius 1 is 0.833 bits per heavy atom. The lowest BCUT2D eigenvalue weighted by molar-refractivity contribution is -0.174. The zero-order chi connectivity index (χ0) is 17.3. The summed E-state index contributed by atoms with van der Waals surface area (Å²) in [5.74, 6) is 1.99. The van der Waals surface area contributed by atoms with Gasteiger partial charge in [-0.25, -0.2) is 0 Å². The third kappa shape index (κ3) is 2.26. The molecule has 3 aliphatic heterocycles. The van der Waals surface area contributed by atoms with Crippen LogP contribution in [0.15, 0.2) is 12.1 Å². The zero-order valence-corrected chi connectivity index (χ0v) is 15.5. The Balaban J connectivity index is 1.76. The highest BCUT2D eigenvalue weighted by atomic mass is 16.7. The second-order valence-electron chi connectivity index (χ2n) is 9.11. The van der Waals surface area contributed by atoms with Gasteiger partial charge in [0.05, 0.1) is 25.4 Å². The van der Waals surface area contributed by atoms with Gasteiger partial charge in [-0.05, 0) is 0 Å². The summed E-state index contributed by atoms with van der Waals surface area (Å²) in [4.78, 5) is 0. The first-order chi connectivity index (χ1) is 11.2. The molecule has 1 aromatic rings. The average Bonchev–Trinajstić information content (AvgIpc) is 2.93. The summed E-state index contributed by atoms with van der Waals surface area (Å²) in [6, 6.07) is 4.28. The van der Waals surface area contributed by atoms with Crippen LogP contribution < -0.4 is 9.47 Å². The summed E-state index contributed by atoms with van der Waals surface area (Å²) in [5.41, 5.74) is 2.46. The van der Waals surface area contributed by atoms with Crippen LogP contribution in [0, 0.1) is 16.7 Å². The van der Waals surface area contributed by atoms with Crippen LogP contribution in [0.3, 0.4) is 0 Å². The summed E-state index contributed by atoms with van der Waals surface area (Å²) >= 11 is 0. The molecule has 4 heteroatoms. The topological polar surface area (TPSA) is 36.9 Å². The maximum absolute atomic E-state index is 6.22. The largest absolute Gasteiger partial charge is 0.450 e. The van der Waals surface area contributed by atoms with Crippen LogP contribution >= 0.6 is 0 Å². The molecule has 0 N–H and O–H groups in total. The van der Waals surface area contributed by atoms with Crippen molar-refractivity contribution in [2.24, 2.45) is 16.7 Å². The van der Waals surface area contributed by atoms with Crippen molar-refractivity contribution < 1.29 is 18.9 Å². The fraction of sp³-hybridized carbons (Fsp3) is 0.700. The molecule has 2 saturated heterocycles. The van der Waals surface area contributed by atoms with Gasteiger partial charge in [-0.1, -0.05) is 53.7 Å². The van der Waals surface area contributed by atoms with Crippen LogP contribution in [0.1, 0.15) is 64.9 Å². The van der Waals surface area contributed by atoms with Crippen LogP contribution in [0.5, 0.6) is 11.5 Å². The lowest BCUT2D eigenvalue weighted by Gasteiger charge is -2.46. The van der Waals surface area contributed by atoms with E-state index in [0.717, 1.165) is 35.8 Å². The smallest absolute Gasteiger partial charge is 0.243 e. The molecular formula is C20H28O4. The second kappa shape index (κ2) is 5.12. The third-order valence-corrected chi connectivity index (χ3v) is 5.41. The molecule has 0 radical (unpaired) electrons. The van der Waals surface area contributed by atoms with Crippen molar-refractivity contribution in [3.8, 4) is 11.5 Å². The minimum Gasteiger partial charge on any atom is -0.450 e. The highest BCUT2D eigenvalue weighted by molar-refractivity contribution is 5.56. The van der Waals surface area contributed by atoms with Crippen LogP contribution in [-0.4, -0.2) is 19.5 Å². The van der Waals surface area contributed by atoms with Crippen molar-refractivity contribution in [1.29, 1.82) is 0 Å². The molecule has 0 aliphatic carbocycles. The molecule has 3 aliphatic rings. The fourth-order valence-electron chi connectivity index (χ4n) is 3.80. The Hall–Kier alpha value is -1.26. The SMILES string of the molecule is CC(C)C1Oc2c(C3OCC3(C)C)ccc(C3OCC3(C)C)c2O1. The predicted octanol–water partition coefficient (Wildman–Crippen LogP) is 4.63. The summed E-state index contributed by atoms with van der Waals surface area (Å²) in [6.07, 6.45) is -0.124. The van der Waals surface area contributed by atoms with Crippen molar-refractivity contribution in [3.05, 3.63) is 23.3 Å². The molecule has 2 unspecified atom stereocenters. The predicted molar refractivity (Wildman–Crippen MR) is 91.3 cm³/mol. The number of ether oxygens (including phenoxy) is 4. The van der Waals surface area contributed by atoms with E-state index in [1.54, 1.807) is 0 Å². The van der Waals surface area contributed by atoms with Crippen LogP contribution in [0.4, 0.5) is 0 Å². The Kier molecular flexibility index (Phi) is 3.46. The highest BCUT2D eigenvalue weighted by Gasteiger charge is 2.48. The number of hydrogen-bond acceptors (Lipinski definition) is 4. The molecule has 0 bridgehead atoms. The average molecular weight is 332 g/mol. The van der Waals surface area contributed by atoms with E-state index in [1.807, 2.05) is 0 Å². The molecule has 0 aromatic heterocycles. The first kappa shape index (κ1) is 16.2. The molecule has 2 fully saturated rings. The van der Waals surface area contributed by atoms with Gasteiger partial charge < -0.3 is 18.9 Å². The molecule has 0 amide bonds. The van der Waals surface area contributed by atoms with Crippen molar-refractivity contribution in [1.82, 2.24) is 0 Å². The number of rotatable bonds is 3. The van der Waals surface area contributed by atoms with Gasteiger partial charge in [-0.2, -0.15) is 0 Å². The second-order valence-corrected chi connectivity index (χ2v) is 9.11. The first-order valence-corrected chi connectivity index (χ1v) is 8.94. The van der Waals surface area contributed by atoms with E-state index in [-0.39, 0.29) is 35.2 Å². The van der Waals surface area contributed by atoms with Crippen molar-refractivity contribution >= 4 is 0 Å². The van der Waals surface area contributed by atoms with Crippen molar-refractivity contribution in [3.63, 3.8) is 0 Å². The molecule has 4 nitrogen and oxygen atoms in total. The van der Waals surface area contributed by atoms with E-state index in [0.29, 0.717) is 0 Å².